The number of nitrogen functional groups attached to an aromatic ring is 1. The fourth-order valence-corrected chi connectivity index (χ4v) is 2.26. The zero-order valence-electron chi connectivity index (χ0n) is 9.65. The molecule has 88 valence electrons. The Morgan fingerprint density at radius 2 is 1.88 bits per heavy atom. The molecule has 0 spiro atoms. The minimum Gasteiger partial charge on any atom is -0.399 e. The van der Waals surface area contributed by atoms with E-state index < -0.39 is 0 Å². The third kappa shape index (κ3) is 2.68. The second kappa shape index (κ2) is 4.90. The maximum atomic E-state index is 6.28. The van der Waals surface area contributed by atoms with E-state index in [1.807, 2.05) is 30.3 Å². The quantitative estimate of drug-likeness (QED) is 0.833. The first-order chi connectivity index (χ1) is 8.08. The number of aryl methyl sites for hydroxylation is 1. The maximum absolute atomic E-state index is 6.28. The van der Waals surface area contributed by atoms with Gasteiger partial charge in [0.15, 0.2) is 0 Å². The summed E-state index contributed by atoms with van der Waals surface area (Å²) in [5, 5.41) is 0. The number of hydrogen-bond donors (Lipinski definition) is 2. The lowest BCUT2D eigenvalue weighted by atomic mass is 9.95. The fraction of sp³-hybridized carbons (Fsp3) is 0.143. The van der Waals surface area contributed by atoms with Crippen LogP contribution in [0.15, 0.2) is 46.9 Å². The first kappa shape index (κ1) is 12.1. The predicted octanol–water partition coefficient (Wildman–Crippen LogP) is 3.39. The predicted molar refractivity (Wildman–Crippen MR) is 75.8 cm³/mol. The van der Waals surface area contributed by atoms with Gasteiger partial charge in [-0.1, -0.05) is 34.1 Å². The Bertz CT molecular complexity index is 537. The number of nitrogens with two attached hydrogens (primary N) is 2. The minimum atomic E-state index is -0.143. The van der Waals surface area contributed by atoms with Crippen LogP contribution in [0.5, 0.6) is 0 Å². The Labute approximate surface area is 110 Å². The largest absolute Gasteiger partial charge is 0.399 e. The van der Waals surface area contributed by atoms with Gasteiger partial charge in [-0.2, -0.15) is 0 Å². The van der Waals surface area contributed by atoms with Gasteiger partial charge >= 0.3 is 0 Å². The molecule has 1 unspecified atom stereocenters. The molecule has 0 bridgehead atoms. The molecule has 0 saturated heterocycles. The molecule has 2 nitrogen and oxygen atoms in total. The third-order valence-corrected chi connectivity index (χ3v) is 3.34. The first-order valence-electron chi connectivity index (χ1n) is 5.45. The van der Waals surface area contributed by atoms with Crippen molar-refractivity contribution in [2.75, 3.05) is 5.73 Å². The van der Waals surface area contributed by atoms with Crippen molar-refractivity contribution in [2.24, 2.45) is 5.73 Å². The first-order valence-corrected chi connectivity index (χ1v) is 6.24. The molecular weight excluding hydrogens is 276 g/mol. The van der Waals surface area contributed by atoms with E-state index in [1.54, 1.807) is 0 Å². The Hall–Kier alpha value is -1.32. The van der Waals surface area contributed by atoms with Crippen molar-refractivity contribution < 1.29 is 0 Å². The summed E-state index contributed by atoms with van der Waals surface area (Å²) in [4.78, 5) is 0. The molecular formula is C14H15BrN2. The maximum Gasteiger partial charge on any atom is 0.0555 e. The van der Waals surface area contributed by atoms with Crippen molar-refractivity contribution >= 4 is 21.6 Å². The van der Waals surface area contributed by atoms with Crippen molar-refractivity contribution in [3.8, 4) is 0 Å². The highest BCUT2D eigenvalue weighted by molar-refractivity contribution is 9.10. The van der Waals surface area contributed by atoms with Gasteiger partial charge in [-0.05, 0) is 47.9 Å². The molecule has 0 radical (unpaired) electrons. The molecule has 2 aromatic carbocycles. The van der Waals surface area contributed by atoms with Crippen LogP contribution in [0.2, 0.25) is 0 Å². The molecule has 2 aromatic rings. The Morgan fingerprint density at radius 3 is 2.59 bits per heavy atom. The molecule has 0 fully saturated rings. The van der Waals surface area contributed by atoms with E-state index in [4.69, 9.17) is 11.5 Å². The summed E-state index contributed by atoms with van der Waals surface area (Å²) < 4.78 is 1.04. The van der Waals surface area contributed by atoms with Crippen LogP contribution >= 0.6 is 15.9 Å². The zero-order valence-corrected chi connectivity index (χ0v) is 11.2. The molecule has 2 rings (SSSR count). The average Bonchev–Trinajstić information content (AvgIpc) is 2.31. The number of halogens is 1. The van der Waals surface area contributed by atoms with Crippen LogP contribution in [0.1, 0.15) is 22.7 Å². The highest BCUT2D eigenvalue weighted by Crippen LogP contribution is 2.26. The van der Waals surface area contributed by atoms with Crippen LogP contribution < -0.4 is 11.5 Å². The van der Waals surface area contributed by atoms with Crippen molar-refractivity contribution in [3.05, 3.63) is 63.6 Å². The summed E-state index contributed by atoms with van der Waals surface area (Å²) in [5.41, 5.74) is 16.1. The SMILES string of the molecule is Cc1ccc(Br)cc1C(N)c1cccc(N)c1. The van der Waals surface area contributed by atoms with E-state index in [-0.39, 0.29) is 6.04 Å². The second-order valence-corrected chi connectivity index (χ2v) is 5.06. The molecule has 17 heavy (non-hydrogen) atoms. The topological polar surface area (TPSA) is 52.0 Å². The smallest absolute Gasteiger partial charge is 0.0555 e. The lowest BCUT2D eigenvalue weighted by Crippen LogP contribution is -2.13. The van der Waals surface area contributed by atoms with Gasteiger partial charge in [0.05, 0.1) is 6.04 Å². The van der Waals surface area contributed by atoms with Gasteiger partial charge in [-0.25, -0.2) is 0 Å². The molecule has 0 saturated carbocycles. The van der Waals surface area contributed by atoms with Crippen molar-refractivity contribution in [3.63, 3.8) is 0 Å². The van der Waals surface area contributed by atoms with Gasteiger partial charge in [0.2, 0.25) is 0 Å². The monoisotopic (exact) mass is 290 g/mol. The molecule has 3 heteroatoms. The summed E-state index contributed by atoms with van der Waals surface area (Å²) in [6.07, 6.45) is 0. The highest BCUT2D eigenvalue weighted by Gasteiger charge is 2.11. The van der Waals surface area contributed by atoms with E-state index in [9.17, 15) is 0 Å². The van der Waals surface area contributed by atoms with Gasteiger partial charge in [-0.3, -0.25) is 0 Å². The lowest BCUT2D eigenvalue weighted by Gasteiger charge is -2.16. The van der Waals surface area contributed by atoms with Crippen molar-refractivity contribution in [1.82, 2.24) is 0 Å². The summed E-state index contributed by atoms with van der Waals surface area (Å²) in [6.45, 7) is 2.06. The standard InChI is InChI=1S/C14H15BrN2/c1-9-5-6-11(15)8-13(9)14(17)10-3-2-4-12(16)7-10/h2-8,14H,16-17H2,1H3. The van der Waals surface area contributed by atoms with Gasteiger partial charge in [0.1, 0.15) is 0 Å². The highest BCUT2D eigenvalue weighted by atomic mass is 79.9. The second-order valence-electron chi connectivity index (χ2n) is 4.15. The summed E-state index contributed by atoms with van der Waals surface area (Å²) >= 11 is 3.47. The van der Waals surface area contributed by atoms with E-state index in [0.717, 1.165) is 21.3 Å². The van der Waals surface area contributed by atoms with Crippen LogP contribution in [-0.4, -0.2) is 0 Å². The Balaban J connectivity index is 2.43. The summed E-state index contributed by atoms with van der Waals surface area (Å²) in [7, 11) is 0. The lowest BCUT2D eigenvalue weighted by molar-refractivity contribution is 0.861. The van der Waals surface area contributed by atoms with E-state index in [0.29, 0.717) is 0 Å². The minimum absolute atomic E-state index is 0.143. The Kier molecular flexibility index (Phi) is 3.50. The van der Waals surface area contributed by atoms with E-state index >= 15 is 0 Å². The average molecular weight is 291 g/mol. The zero-order chi connectivity index (χ0) is 12.4. The molecule has 0 heterocycles. The van der Waals surface area contributed by atoms with Crippen molar-refractivity contribution in [1.29, 1.82) is 0 Å². The van der Waals surface area contributed by atoms with E-state index in [1.165, 1.54) is 5.56 Å². The van der Waals surface area contributed by atoms with Crippen LogP contribution in [0.4, 0.5) is 5.69 Å². The summed E-state index contributed by atoms with van der Waals surface area (Å²) in [6, 6.07) is 13.7. The number of hydrogen-bond acceptors (Lipinski definition) is 2. The number of benzene rings is 2. The van der Waals surface area contributed by atoms with E-state index in [2.05, 4.69) is 35.0 Å². The van der Waals surface area contributed by atoms with Gasteiger partial charge in [0, 0.05) is 10.2 Å². The van der Waals surface area contributed by atoms with Gasteiger partial charge in [-0.15, -0.1) is 0 Å². The molecule has 1 atom stereocenters. The molecule has 4 N–H and O–H groups in total. The number of anilines is 1. The molecule has 0 aliphatic carbocycles. The fourth-order valence-electron chi connectivity index (χ4n) is 1.88. The number of rotatable bonds is 2. The normalized spacial score (nSPS) is 12.4. The van der Waals surface area contributed by atoms with Crippen LogP contribution in [0.25, 0.3) is 0 Å². The van der Waals surface area contributed by atoms with Crippen LogP contribution in [0, 0.1) is 6.92 Å². The Morgan fingerprint density at radius 1 is 1.12 bits per heavy atom. The van der Waals surface area contributed by atoms with Gasteiger partial charge in [0.25, 0.3) is 0 Å². The van der Waals surface area contributed by atoms with Crippen LogP contribution in [-0.2, 0) is 0 Å². The summed E-state index contributed by atoms with van der Waals surface area (Å²) in [5.74, 6) is 0. The molecule has 0 amide bonds. The molecule has 0 aliphatic rings. The molecule has 0 aliphatic heterocycles. The van der Waals surface area contributed by atoms with Gasteiger partial charge < -0.3 is 11.5 Å². The van der Waals surface area contributed by atoms with Crippen LogP contribution in [0.3, 0.4) is 0 Å². The molecule has 0 aromatic heterocycles. The van der Waals surface area contributed by atoms with Crippen molar-refractivity contribution in [2.45, 2.75) is 13.0 Å². The third-order valence-electron chi connectivity index (χ3n) is 2.85.